The summed E-state index contributed by atoms with van der Waals surface area (Å²) in [5.41, 5.74) is 10.9. The first-order valence-electron chi connectivity index (χ1n) is 9.43. The van der Waals surface area contributed by atoms with Crippen LogP contribution in [0.25, 0.3) is 16.9 Å². The number of ether oxygens (including phenoxy) is 1. The van der Waals surface area contributed by atoms with Crippen LogP contribution in [0.3, 0.4) is 0 Å². The van der Waals surface area contributed by atoms with E-state index in [-0.39, 0.29) is 5.97 Å². The molecule has 1 aromatic heterocycles. The maximum atomic E-state index is 11.9. The molecular formula is C23H23BrN2O3. The van der Waals surface area contributed by atoms with Gasteiger partial charge in [0.05, 0.1) is 12.3 Å². The zero-order valence-electron chi connectivity index (χ0n) is 16.4. The molecule has 2 aromatic carbocycles. The average molecular weight is 455 g/mol. The van der Waals surface area contributed by atoms with Gasteiger partial charge in [0.25, 0.3) is 0 Å². The lowest BCUT2D eigenvalue weighted by Gasteiger charge is -2.15. The van der Waals surface area contributed by atoms with Gasteiger partial charge in [-0.2, -0.15) is 0 Å². The van der Waals surface area contributed by atoms with Gasteiger partial charge in [-0.25, -0.2) is 0 Å². The zero-order chi connectivity index (χ0) is 21.0. The molecule has 0 spiro atoms. The maximum Gasteiger partial charge on any atom is 0.306 e. The second kappa shape index (κ2) is 9.09. The summed E-state index contributed by atoms with van der Waals surface area (Å²) in [6.45, 7) is 4.13. The molecule has 150 valence electrons. The summed E-state index contributed by atoms with van der Waals surface area (Å²) in [5, 5.41) is 0. The standard InChI is InChI=1S/C23H23BrN2O3/c1-3-29-21(27)11-5-16-12-13-26(19-8-6-18(24)7-9-19)22(16)20-10-4-17(23(25)28)14-15(20)2/h4,6-10,12-14H,3,5,11H2,1-2H3,(H2,25,28). The number of amides is 1. The number of halogens is 1. The minimum Gasteiger partial charge on any atom is -0.466 e. The number of nitrogens with zero attached hydrogens (tertiary/aromatic N) is 1. The lowest BCUT2D eigenvalue weighted by atomic mass is 9.98. The lowest BCUT2D eigenvalue weighted by Crippen LogP contribution is -2.11. The second-order valence-corrected chi connectivity index (χ2v) is 7.65. The Balaban J connectivity index is 2.08. The van der Waals surface area contributed by atoms with Crippen LogP contribution in [0.5, 0.6) is 0 Å². The first-order valence-corrected chi connectivity index (χ1v) is 10.2. The molecular weight excluding hydrogens is 432 g/mol. The quantitative estimate of drug-likeness (QED) is 0.520. The van der Waals surface area contributed by atoms with Crippen molar-refractivity contribution in [1.29, 1.82) is 0 Å². The summed E-state index contributed by atoms with van der Waals surface area (Å²) >= 11 is 3.47. The minimum atomic E-state index is -0.453. The maximum absolute atomic E-state index is 11.9. The highest BCUT2D eigenvalue weighted by molar-refractivity contribution is 9.10. The van der Waals surface area contributed by atoms with Crippen molar-refractivity contribution in [3.63, 3.8) is 0 Å². The van der Waals surface area contributed by atoms with Crippen LogP contribution < -0.4 is 5.73 Å². The van der Waals surface area contributed by atoms with Crippen LogP contribution in [-0.2, 0) is 16.0 Å². The van der Waals surface area contributed by atoms with Gasteiger partial charge in [0.15, 0.2) is 0 Å². The second-order valence-electron chi connectivity index (χ2n) is 6.73. The van der Waals surface area contributed by atoms with E-state index in [0.717, 1.165) is 32.5 Å². The fourth-order valence-electron chi connectivity index (χ4n) is 3.35. The van der Waals surface area contributed by atoms with Crippen LogP contribution in [0.1, 0.15) is 34.8 Å². The van der Waals surface area contributed by atoms with Crippen molar-refractivity contribution in [3.8, 4) is 16.9 Å². The van der Waals surface area contributed by atoms with Gasteiger partial charge in [-0.3, -0.25) is 9.59 Å². The number of aryl methyl sites for hydroxylation is 2. The molecule has 0 atom stereocenters. The van der Waals surface area contributed by atoms with Gasteiger partial charge in [0, 0.05) is 33.9 Å². The summed E-state index contributed by atoms with van der Waals surface area (Å²) in [5.74, 6) is -0.666. The van der Waals surface area contributed by atoms with E-state index in [1.165, 1.54) is 0 Å². The zero-order valence-corrected chi connectivity index (χ0v) is 18.0. The van der Waals surface area contributed by atoms with E-state index in [1.807, 2.05) is 49.5 Å². The van der Waals surface area contributed by atoms with Gasteiger partial charge in [0.1, 0.15) is 0 Å². The van der Waals surface area contributed by atoms with Gasteiger partial charge in [-0.1, -0.05) is 22.0 Å². The fraction of sp³-hybridized carbons (Fsp3) is 0.217. The van der Waals surface area contributed by atoms with Gasteiger partial charge in [-0.15, -0.1) is 0 Å². The Morgan fingerprint density at radius 1 is 1.10 bits per heavy atom. The highest BCUT2D eigenvalue weighted by Gasteiger charge is 2.17. The summed E-state index contributed by atoms with van der Waals surface area (Å²) in [7, 11) is 0. The molecule has 1 amide bonds. The Bertz CT molecular complexity index is 1040. The van der Waals surface area contributed by atoms with E-state index in [2.05, 4.69) is 20.5 Å². The summed E-state index contributed by atoms with van der Waals surface area (Å²) in [6, 6.07) is 15.5. The van der Waals surface area contributed by atoms with Crippen LogP contribution in [0.2, 0.25) is 0 Å². The van der Waals surface area contributed by atoms with Crippen molar-refractivity contribution in [3.05, 3.63) is 75.9 Å². The molecule has 0 aliphatic heterocycles. The van der Waals surface area contributed by atoms with Crippen LogP contribution in [-0.4, -0.2) is 23.1 Å². The van der Waals surface area contributed by atoms with Crippen LogP contribution in [0.4, 0.5) is 0 Å². The molecule has 3 rings (SSSR count). The lowest BCUT2D eigenvalue weighted by molar-refractivity contribution is -0.143. The Hall–Kier alpha value is -2.86. The number of aromatic nitrogens is 1. The number of nitrogens with two attached hydrogens (primary N) is 1. The molecule has 0 bridgehead atoms. The summed E-state index contributed by atoms with van der Waals surface area (Å²) < 4.78 is 8.17. The molecule has 0 fully saturated rings. The van der Waals surface area contributed by atoms with E-state index in [4.69, 9.17) is 10.5 Å². The van der Waals surface area contributed by atoms with E-state index >= 15 is 0 Å². The molecule has 29 heavy (non-hydrogen) atoms. The van der Waals surface area contributed by atoms with E-state index in [1.54, 1.807) is 19.1 Å². The number of carbonyl (C=O) groups is 2. The molecule has 0 saturated heterocycles. The average Bonchev–Trinajstić information content (AvgIpc) is 3.10. The first kappa shape index (κ1) is 20.9. The molecule has 0 aliphatic carbocycles. The van der Waals surface area contributed by atoms with E-state index in [0.29, 0.717) is 25.0 Å². The topological polar surface area (TPSA) is 74.3 Å². The Morgan fingerprint density at radius 3 is 2.45 bits per heavy atom. The number of primary amides is 1. The molecule has 0 radical (unpaired) electrons. The highest BCUT2D eigenvalue weighted by atomic mass is 79.9. The molecule has 2 N–H and O–H groups in total. The minimum absolute atomic E-state index is 0.212. The van der Waals surface area contributed by atoms with Gasteiger partial charge in [0.2, 0.25) is 5.91 Å². The predicted molar refractivity (Wildman–Crippen MR) is 117 cm³/mol. The third-order valence-corrected chi connectivity index (χ3v) is 5.27. The molecule has 0 unspecified atom stereocenters. The van der Waals surface area contributed by atoms with Gasteiger partial charge >= 0.3 is 5.97 Å². The Labute approximate surface area is 178 Å². The number of benzene rings is 2. The van der Waals surface area contributed by atoms with Crippen LogP contribution in [0.15, 0.2) is 59.2 Å². The molecule has 1 heterocycles. The number of carbonyl (C=O) groups excluding carboxylic acids is 2. The molecule has 3 aromatic rings. The monoisotopic (exact) mass is 454 g/mol. The van der Waals surface area contributed by atoms with Gasteiger partial charge < -0.3 is 15.0 Å². The normalized spacial score (nSPS) is 10.7. The van der Waals surface area contributed by atoms with Crippen molar-refractivity contribution in [2.75, 3.05) is 6.61 Å². The van der Waals surface area contributed by atoms with Crippen molar-refractivity contribution in [1.82, 2.24) is 4.57 Å². The van der Waals surface area contributed by atoms with Crippen LogP contribution in [0, 0.1) is 6.92 Å². The van der Waals surface area contributed by atoms with Crippen molar-refractivity contribution >= 4 is 27.8 Å². The first-order chi connectivity index (χ1) is 13.9. The predicted octanol–water partition coefficient (Wildman–Crippen LogP) is 4.81. The number of hydrogen-bond donors (Lipinski definition) is 1. The highest BCUT2D eigenvalue weighted by Crippen LogP contribution is 2.32. The Kier molecular flexibility index (Phi) is 6.54. The fourth-order valence-corrected chi connectivity index (χ4v) is 3.61. The SMILES string of the molecule is CCOC(=O)CCc1ccn(-c2ccc(Br)cc2)c1-c1ccc(C(N)=O)cc1C. The number of esters is 1. The summed E-state index contributed by atoms with van der Waals surface area (Å²) in [4.78, 5) is 23.4. The largest absolute Gasteiger partial charge is 0.466 e. The number of rotatable bonds is 7. The van der Waals surface area contributed by atoms with E-state index in [9.17, 15) is 9.59 Å². The molecule has 6 heteroatoms. The van der Waals surface area contributed by atoms with E-state index < -0.39 is 5.91 Å². The molecule has 5 nitrogen and oxygen atoms in total. The van der Waals surface area contributed by atoms with Gasteiger partial charge in [-0.05, 0) is 73.9 Å². The van der Waals surface area contributed by atoms with Crippen molar-refractivity contribution in [2.24, 2.45) is 5.73 Å². The third-order valence-electron chi connectivity index (χ3n) is 4.74. The smallest absolute Gasteiger partial charge is 0.306 e. The van der Waals surface area contributed by atoms with Crippen molar-refractivity contribution < 1.29 is 14.3 Å². The van der Waals surface area contributed by atoms with Crippen LogP contribution >= 0.6 is 15.9 Å². The summed E-state index contributed by atoms with van der Waals surface area (Å²) in [6.07, 6.45) is 2.87. The molecule has 0 aliphatic rings. The third kappa shape index (κ3) is 4.77. The number of hydrogen-bond acceptors (Lipinski definition) is 3. The molecule has 0 saturated carbocycles. The van der Waals surface area contributed by atoms with Crippen molar-refractivity contribution in [2.45, 2.75) is 26.7 Å². The Morgan fingerprint density at radius 2 is 1.83 bits per heavy atom.